The molecule has 2 aromatic carbocycles. The number of benzene rings is 2. The Morgan fingerprint density at radius 1 is 1.10 bits per heavy atom. The van der Waals surface area contributed by atoms with Gasteiger partial charge in [-0.25, -0.2) is 8.78 Å². The summed E-state index contributed by atoms with van der Waals surface area (Å²) in [7, 11) is 0. The molecule has 0 aliphatic carbocycles. The highest BCUT2D eigenvalue weighted by Gasteiger charge is 2.13. The molecule has 0 aromatic heterocycles. The zero-order valence-electron chi connectivity index (χ0n) is 12.2. The minimum Gasteiger partial charge on any atom is -0.392 e. The number of aliphatic hydroxyl groups excluding tert-OH is 1. The fraction of sp³-hybridized carbons (Fsp3) is 0.294. The molecule has 2 N–H and O–H groups in total. The molecule has 0 aliphatic rings. The first-order valence-electron chi connectivity index (χ1n) is 6.89. The van der Waals surface area contributed by atoms with Gasteiger partial charge in [-0.15, -0.1) is 0 Å². The average molecular weight is 291 g/mol. The normalized spacial score (nSPS) is 12.4. The van der Waals surface area contributed by atoms with E-state index in [-0.39, 0.29) is 12.6 Å². The van der Waals surface area contributed by atoms with Crippen molar-refractivity contribution in [2.24, 2.45) is 0 Å². The van der Waals surface area contributed by atoms with Gasteiger partial charge in [0.1, 0.15) is 11.6 Å². The number of rotatable bonds is 5. The van der Waals surface area contributed by atoms with Crippen molar-refractivity contribution in [2.75, 3.05) is 0 Å². The lowest BCUT2D eigenvalue weighted by atomic mass is 10.0. The molecular weight excluding hydrogens is 272 g/mol. The second kappa shape index (κ2) is 6.78. The van der Waals surface area contributed by atoms with Gasteiger partial charge in [0, 0.05) is 18.2 Å². The Balaban J connectivity index is 2.07. The van der Waals surface area contributed by atoms with Crippen LogP contribution in [0.2, 0.25) is 0 Å². The average Bonchev–Trinajstić information content (AvgIpc) is 2.48. The molecule has 2 rings (SSSR count). The Kier molecular flexibility index (Phi) is 5.04. The van der Waals surface area contributed by atoms with Crippen LogP contribution in [0.15, 0.2) is 36.4 Å². The largest absolute Gasteiger partial charge is 0.392 e. The van der Waals surface area contributed by atoms with E-state index in [1.54, 1.807) is 13.8 Å². The van der Waals surface area contributed by atoms with Gasteiger partial charge in [-0.1, -0.05) is 24.3 Å². The highest BCUT2D eigenvalue weighted by molar-refractivity contribution is 5.28. The number of halogens is 2. The summed E-state index contributed by atoms with van der Waals surface area (Å²) in [6.07, 6.45) is 0. The summed E-state index contributed by atoms with van der Waals surface area (Å²) in [6, 6.07) is 9.65. The number of hydrogen-bond acceptors (Lipinski definition) is 2. The molecule has 2 aromatic rings. The van der Waals surface area contributed by atoms with Crippen LogP contribution in [-0.4, -0.2) is 5.11 Å². The molecular formula is C17H19F2NO. The smallest absolute Gasteiger partial charge is 0.128 e. The van der Waals surface area contributed by atoms with E-state index in [0.717, 1.165) is 11.1 Å². The molecule has 2 nitrogen and oxygen atoms in total. The van der Waals surface area contributed by atoms with Crippen LogP contribution >= 0.6 is 0 Å². The SMILES string of the molecule is Cc1cc(F)c(C(C)NCc2cccc(CO)c2)cc1F. The summed E-state index contributed by atoms with van der Waals surface area (Å²) < 4.78 is 27.4. The first-order valence-corrected chi connectivity index (χ1v) is 6.89. The van der Waals surface area contributed by atoms with E-state index in [2.05, 4.69) is 5.32 Å². The van der Waals surface area contributed by atoms with Gasteiger partial charge in [-0.2, -0.15) is 0 Å². The first kappa shape index (κ1) is 15.6. The van der Waals surface area contributed by atoms with Crippen molar-refractivity contribution in [3.63, 3.8) is 0 Å². The highest BCUT2D eigenvalue weighted by Crippen LogP contribution is 2.21. The van der Waals surface area contributed by atoms with Crippen LogP contribution in [0.25, 0.3) is 0 Å². The summed E-state index contributed by atoms with van der Waals surface area (Å²) in [5.41, 5.74) is 2.44. The summed E-state index contributed by atoms with van der Waals surface area (Å²) in [4.78, 5) is 0. The second-order valence-electron chi connectivity index (χ2n) is 5.20. The van der Waals surface area contributed by atoms with Crippen LogP contribution in [0.1, 0.15) is 35.2 Å². The minimum atomic E-state index is -0.405. The fourth-order valence-corrected chi connectivity index (χ4v) is 2.21. The topological polar surface area (TPSA) is 32.3 Å². The Morgan fingerprint density at radius 2 is 1.81 bits per heavy atom. The maximum absolute atomic E-state index is 13.9. The Bertz CT molecular complexity index is 628. The maximum atomic E-state index is 13.9. The number of hydrogen-bond donors (Lipinski definition) is 2. The third-order valence-corrected chi connectivity index (χ3v) is 3.53. The molecule has 0 amide bonds. The van der Waals surface area contributed by atoms with Crippen molar-refractivity contribution in [1.82, 2.24) is 5.32 Å². The van der Waals surface area contributed by atoms with Crippen LogP contribution in [0.4, 0.5) is 8.78 Å². The molecule has 4 heteroatoms. The van der Waals surface area contributed by atoms with Crippen LogP contribution in [-0.2, 0) is 13.2 Å². The quantitative estimate of drug-likeness (QED) is 0.882. The molecule has 0 spiro atoms. The molecule has 21 heavy (non-hydrogen) atoms. The maximum Gasteiger partial charge on any atom is 0.128 e. The van der Waals surface area contributed by atoms with E-state index < -0.39 is 11.6 Å². The number of aryl methyl sites for hydroxylation is 1. The van der Waals surface area contributed by atoms with Gasteiger partial charge in [-0.3, -0.25) is 0 Å². The first-order chi connectivity index (χ1) is 10.0. The number of aliphatic hydroxyl groups is 1. The van der Waals surface area contributed by atoms with Gasteiger partial charge in [-0.05, 0) is 42.7 Å². The van der Waals surface area contributed by atoms with E-state index >= 15 is 0 Å². The molecule has 0 aliphatic heterocycles. The Morgan fingerprint density at radius 3 is 2.52 bits per heavy atom. The van der Waals surface area contributed by atoms with Crippen molar-refractivity contribution in [3.8, 4) is 0 Å². The lowest BCUT2D eigenvalue weighted by Gasteiger charge is -2.16. The van der Waals surface area contributed by atoms with Crippen LogP contribution in [0.5, 0.6) is 0 Å². The van der Waals surface area contributed by atoms with E-state index in [0.29, 0.717) is 17.7 Å². The molecule has 0 radical (unpaired) electrons. The predicted molar refractivity (Wildman–Crippen MR) is 78.7 cm³/mol. The minimum absolute atomic E-state index is 0.0127. The van der Waals surface area contributed by atoms with Crippen molar-refractivity contribution in [1.29, 1.82) is 0 Å². The standard InChI is InChI=1S/C17H19F2NO/c1-11-6-17(19)15(8-16(11)18)12(2)20-9-13-4-3-5-14(7-13)10-21/h3-8,12,20-21H,9-10H2,1-2H3. The molecule has 1 unspecified atom stereocenters. The lowest BCUT2D eigenvalue weighted by Crippen LogP contribution is -2.19. The van der Waals surface area contributed by atoms with Gasteiger partial charge in [0.05, 0.1) is 6.61 Å². The second-order valence-corrected chi connectivity index (χ2v) is 5.20. The Labute approximate surface area is 123 Å². The zero-order chi connectivity index (χ0) is 15.4. The third-order valence-electron chi connectivity index (χ3n) is 3.53. The van der Waals surface area contributed by atoms with Gasteiger partial charge < -0.3 is 10.4 Å². The zero-order valence-corrected chi connectivity index (χ0v) is 12.2. The van der Waals surface area contributed by atoms with E-state index in [4.69, 9.17) is 5.11 Å². The summed E-state index contributed by atoms with van der Waals surface area (Å²) >= 11 is 0. The van der Waals surface area contributed by atoms with Crippen LogP contribution < -0.4 is 5.32 Å². The molecule has 0 bridgehead atoms. The van der Waals surface area contributed by atoms with Crippen LogP contribution in [0.3, 0.4) is 0 Å². The summed E-state index contributed by atoms with van der Waals surface area (Å²) in [6.45, 7) is 3.84. The van der Waals surface area contributed by atoms with Crippen molar-refractivity contribution in [3.05, 3.63) is 70.3 Å². The molecule has 0 saturated carbocycles. The van der Waals surface area contributed by atoms with Gasteiger partial charge in [0.2, 0.25) is 0 Å². The van der Waals surface area contributed by atoms with Gasteiger partial charge in [0.25, 0.3) is 0 Å². The summed E-state index contributed by atoms with van der Waals surface area (Å²) in [5, 5.41) is 12.3. The van der Waals surface area contributed by atoms with E-state index in [9.17, 15) is 8.78 Å². The van der Waals surface area contributed by atoms with E-state index in [1.165, 1.54) is 12.1 Å². The third kappa shape index (κ3) is 3.86. The van der Waals surface area contributed by atoms with Crippen molar-refractivity contribution in [2.45, 2.75) is 33.0 Å². The molecule has 0 fully saturated rings. The molecule has 1 atom stereocenters. The lowest BCUT2D eigenvalue weighted by molar-refractivity contribution is 0.281. The van der Waals surface area contributed by atoms with E-state index in [1.807, 2.05) is 24.3 Å². The molecule has 0 saturated heterocycles. The monoisotopic (exact) mass is 291 g/mol. The van der Waals surface area contributed by atoms with Crippen molar-refractivity contribution >= 4 is 0 Å². The van der Waals surface area contributed by atoms with Crippen LogP contribution in [0, 0.1) is 18.6 Å². The summed E-state index contributed by atoms with van der Waals surface area (Å²) in [5.74, 6) is -0.805. The van der Waals surface area contributed by atoms with Gasteiger partial charge >= 0.3 is 0 Å². The van der Waals surface area contributed by atoms with Crippen molar-refractivity contribution < 1.29 is 13.9 Å². The number of nitrogens with one attached hydrogen (secondary N) is 1. The molecule has 112 valence electrons. The fourth-order valence-electron chi connectivity index (χ4n) is 2.21. The molecule has 0 heterocycles. The Hall–Kier alpha value is -1.78. The predicted octanol–water partition coefficient (Wildman–Crippen LogP) is 3.62. The van der Waals surface area contributed by atoms with Gasteiger partial charge in [0.15, 0.2) is 0 Å². The highest BCUT2D eigenvalue weighted by atomic mass is 19.1.